The topological polar surface area (TPSA) is 57.0 Å². The summed E-state index contributed by atoms with van der Waals surface area (Å²) in [6, 6.07) is 0. The lowest BCUT2D eigenvalue weighted by atomic mass is 10.2. The number of rotatable bonds is 9. The number of aryl methyl sites for hydroxylation is 2. The maximum atomic E-state index is 11.1. The van der Waals surface area contributed by atoms with Gasteiger partial charge in [-0.3, -0.25) is 9.48 Å². The van der Waals surface area contributed by atoms with Gasteiger partial charge in [0.2, 0.25) is 0 Å². The Morgan fingerprint density at radius 2 is 2.17 bits per heavy atom. The Morgan fingerprint density at radius 1 is 1.33 bits per heavy atom. The van der Waals surface area contributed by atoms with Crippen LogP contribution in [0.1, 0.15) is 51.6 Å². The molecule has 5 heteroatoms. The van der Waals surface area contributed by atoms with Crippen molar-refractivity contribution >= 4 is 5.97 Å². The van der Waals surface area contributed by atoms with Crippen LogP contribution in [-0.2, 0) is 22.5 Å². The van der Waals surface area contributed by atoms with Crippen LogP contribution in [0.5, 0.6) is 0 Å². The Balaban J connectivity index is 2.20. The average Bonchev–Trinajstić information content (AvgIpc) is 2.78. The highest BCUT2D eigenvalue weighted by Crippen LogP contribution is 2.04. The molecular formula is C13H23N3O2. The van der Waals surface area contributed by atoms with Crippen molar-refractivity contribution < 1.29 is 9.53 Å². The van der Waals surface area contributed by atoms with Gasteiger partial charge in [-0.2, -0.15) is 0 Å². The van der Waals surface area contributed by atoms with E-state index in [9.17, 15) is 4.79 Å². The number of ether oxygens (including phenoxy) is 1. The number of esters is 1. The molecule has 0 N–H and O–H groups in total. The summed E-state index contributed by atoms with van der Waals surface area (Å²) in [5.74, 6) is -0.138. The maximum Gasteiger partial charge on any atom is 0.305 e. The fourth-order valence-corrected chi connectivity index (χ4v) is 1.74. The van der Waals surface area contributed by atoms with E-state index in [1.807, 2.05) is 13.1 Å². The third kappa shape index (κ3) is 5.80. The highest BCUT2D eigenvalue weighted by atomic mass is 16.5. The van der Waals surface area contributed by atoms with Crippen LogP contribution >= 0.6 is 0 Å². The first-order valence-corrected chi connectivity index (χ1v) is 6.80. The van der Waals surface area contributed by atoms with Crippen molar-refractivity contribution in [1.82, 2.24) is 15.0 Å². The van der Waals surface area contributed by atoms with E-state index in [4.69, 9.17) is 4.74 Å². The summed E-state index contributed by atoms with van der Waals surface area (Å²) < 4.78 is 6.67. The van der Waals surface area contributed by atoms with E-state index in [0.29, 0.717) is 13.0 Å². The first-order chi connectivity index (χ1) is 8.76. The minimum absolute atomic E-state index is 0.138. The number of carbonyl (C=O) groups is 1. The molecule has 1 heterocycles. The van der Waals surface area contributed by atoms with Crippen molar-refractivity contribution in [3.05, 3.63) is 11.9 Å². The SMILES string of the molecule is CCCCCc1cn(CCCC(=O)OCC)nn1. The van der Waals surface area contributed by atoms with Crippen LogP contribution in [0, 0.1) is 0 Å². The Labute approximate surface area is 109 Å². The maximum absolute atomic E-state index is 11.1. The second-order valence-corrected chi connectivity index (χ2v) is 4.34. The van der Waals surface area contributed by atoms with Gasteiger partial charge in [-0.05, 0) is 26.2 Å². The summed E-state index contributed by atoms with van der Waals surface area (Å²) in [7, 11) is 0. The van der Waals surface area contributed by atoms with Crippen molar-refractivity contribution in [2.45, 2.75) is 58.9 Å². The van der Waals surface area contributed by atoms with E-state index in [0.717, 1.165) is 31.5 Å². The van der Waals surface area contributed by atoms with Crippen LogP contribution in [0.3, 0.4) is 0 Å². The molecule has 5 nitrogen and oxygen atoms in total. The zero-order chi connectivity index (χ0) is 13.2. The molecule has 1 aromatic rings. The molecule has 0 bridgehead atoms. The van der Waals surface area contributed by atoms with E-state index < -0.39 is 0 Å². The molecule has 102 valence electrons. The number of unbranched alkanes of at least 4 members (excludes halogenated alkanes) is 2. The van der Waals surface area contributed by atoms with Crippen molar-refractivity contribution in [1.29, 1.82) is 0 Å². The van der Waals surface area contributed by atoms with Crippen molar-refractivity contribution in [2.24, 2.45) is 0 Å². The van der Waals surface area contributed by atoms with Gasteiger partial charge in [-0.25, -0.2) is 0 Å². The zero-order valence-corrected chi connectivity index (χ0v) is 11.4. The molecule has 0 aliphatic carbocycles. The summed E-state index contributed by atoms with van der Waals surface area (Å²) in [5.41, 5.74) is 1.04. The summed E-state index contributed by atoms with van der Waals surface area (Å²) in [4.78, 5) is 11.1. The molecule has 0 aliphatic heterocycles. The molecule has 0 atom stereocenters. The van der Waals surface area contributed by atoms with Crippen LogP contribution in [0.4, 0.5) is 0 Å². The zero-order valence-electron chi connectivity index (χ0n) is 11.4. The molecule has 0 amide bonds. The highest BCUT2D eigenvalue weighted by molar-refractivity contribution is 5.69. The van der Waals surface area contributed by atoms with E-state index >= 15 is 0 Å². The average molecular weight is 253 g/mol. The predicted octanol–water partition coefficient (Wildman–Crippen LogP) is 2.35. The van der Waals surface area contributed by atoms with Gasteiger partial charge in [-0.15, -0.1) is 5.10 Å². The largest absolute Gasteiger partial charge is 0.466 e. The second kappa shape index (κ2) is 8.66. The minimum atomic E-state index is -0.138. The molecular weight excluding hydrogens is 230 g/mol. The van der Waals surface area contributed by atoms with Crippen molar-refractivity contribution in [3.63, 3.8) is 0 Å². The third-order valence-corrected chi connectivity index (χ3v) is 2.70. The summed E-state index contributed by atoms with van der Waals surface area (Å²) >= 11 is 0. The van der Waals surface area contributed by atoms with Crippen LogP contribution in [0.25, 0.3) is 0 Å². The summed E-state index contributed by atoms with van der Waals surface area (Å²) in [6.07, 6.45) is 7.77. The molecule has 0 unspecified atom stereocenters. The fraction of sp³-hybridized carbons (Fsp3) is 0.769. The predicted molar refractivity (Wildman–Crippen MR) is 69.1 cm³/mol. The Morgan fingerprint density at radius 3 is 2.89 bits per heavy atom. The Hall–Kier alpha value is -1.39. The van der Waals surface area contributed by atoms with Crippen molar-refractivity contribution in [3.8, 4) is 0 Å². The number of nitrogens with zero attached hydrogens (tertiary/aromatic N) is 3. The molecule has 0 aromatic carbocycles. The van der Waals surface area contributed by atoms with Crippen LogP contribution < -0.4 is 0 Å². The molecule has 0 spiro atoms. The van der Waals surface area contributed by atoms with Gasteiger partial charge in [0.1, 0.15) is 0 Å². The Bertz CT molecular complexity index is 350. The molecule has 0 saturated carbocycles. The lowest BCUT2D eigenvalue weighted by Gasteiger charge is -2.01. The molecule has 1 aromatic heterocycles. The van der Waals surface area contributed by atoms with E-state index in [2.05, 4.69) is 17.2 Å². The van der Waals surface area contributed by atoms with E-state index in [1.165, 1.54) is 12.8 Å². The van der Waals surface area contributed by atoms with Crippen molar-refractivity contribution in [2.75, 3.05) is 6.61 Å². The van der Waals surface area contributed by atoms with Crippen LogP contribution in [0.15, 0.2) is 6.20 Å². The van der Waals surface area contributed by atoms with Gasteiger partial charge in [-0.1, -0.05) is 25.0 Å². The van der Waals surface area contributed by atoms with Gasteiger partial charge < -0.3 is 4.74 Å². The number of hydrogen-bond donors (Lipinski definition) is 0. The van der Waals surface area contributed by atoms with Gasteiger partial charge in [0.25, 0.3) is 0 Å². The molecule has 1 rings (SSSR count). The summed E-state index contributed by atoms with van der Waals surface area (Å²) in [6.45, 7) is 5.17. The molecule has 0 saturated heterocycles. The second-order valence-electron chi connectivity index (χ2n) is 4.34. The molecule has 0 radical (unpaired) electrons. The van der Waals surface area contributed by atoms with Gasteiger partial charge in [0.15, 0.2) is 0 Å². The lowest BCUT2D eigenvalue weighted by molar-refractivity contribution is -0.143. The third-order valence-electron chi connectivity index (χ3n) is 2.70. The van der Waals surface area contributed by atoms with E-state index in [-0.39, 0.29) is 5.97 Å². The number of aromatic nitrogens is 3. The van der Waals surface area contributed by atoms with Gasteiger partial charge >= 0.3 is 5.97 Å². The number of carbonyl (C=O) groups excluding carboxylic acids is 1. The highest BCUT2D eigenvalue weighted by Gasteiger charge is 2.03. The van der Waals surface area contributed by atoms with Crippen LogP contribution in [-0.4, -0.2) is 27.6 Å². The van der Waals surface area contributed by atoms with E-state index in [1.54, 1.807) is 4.68 Å². The first kappa shape index (κ1) is 14.7. The van der Waals surface area contributed by atoms with Gasteiger partial charge in [0, 0.05) is 19.2 Å². The molecule has 0 fully saturated rings. The smallest absolute Gasteiger partial charge is 0.305 e. The lowest BCUT2D eigenvalue weighted by Crippen LogP contribution is -2.06. The molecule has 0 aliphatic rings. The quantitative estimate of drug-likeness (QED) is 0.501. The van der Waals surface area contributed by atoms with Crippen LogP contribution in [0.2, 0.25) is 0 Å². The molecule has 18 heavy (non-hydrogen) atoms. The normalized spacial score (nSPS) is 10.6. The summed E-state index contributed by atoms with van der Waals surface area (Å²) in [5, 5.41) is 8.17. The fourth-order valence-electron chi connectivity index (χ4n) is 1.74. The number of hydrogen-bond acceptors (Lipinski definition) is 4. The standard InChI is InChI=1S/C13H23N3O2/c1-3-5-6-8-12-11-16(15-14-12)10-7-9-13(17)18-4-2/h11H,3-10H2,1-2H3. The minimum Gasteiger partial charge on any atom is -0.466 e. The monoisotopic (exact) mass is 253 g/mol. The Kier molecular flexibility index (Phi) is 7.06. The van der Waals surface area contributed by atoms with Gasteiger partial charge in [0.05, 0.1) is 12.3 Å². The first-order valence-electron chi connectivity index (χ1n) is 6.80.